The minimum atomic E-state index is 0.00641. The number of amidine groups is 1. The first-order chi connectivity index (χ1) is 10.8. The lowest BCUT2D eigenvalue weighted by atomic mass is 10.2. The lowest BCUT2D eigenvalue weighted by Gasteiger charge is -2.12. The molecule has 0 amide bonds. The van der Waals surface area contributed by atoms with Gasteiger partial charge in [-0.3, -0.25) is 5.43 Å². The van der Waals surface area contributed by atoms with Gasteiger partial charge in [-0.1, -0.05) is 52.7 Å². The molecule has 2 aliphatic rings. The summed E-state index contributed by atoms with van der Waals surface area (Å²) >= 11 is 2.97. The van der Waals surface area contributed by atoms with Crippen molar-refractivity contribution in [2.45, 2.75) is 12.4 Å². The molecule has 1 atom stereocenters. The number of aryl methyl sites for hydroxylation is 1. The maximum absolute atomic E-state index is 4.63. The van der Waals surface area contributed by atoms with Crippen LogP contribution in [-0.2, 0) is 0 Å². The highest BCUT2D eigenvalue weighted by Crippen LogP contribution is 2.31. The number of benzene rings is 1. The van der Waals surface area contributed by atoms with Gasteiger partial charge in [-0.15, -0.1) is 5.10 Å². The van der Waals surface area contributed by atoms with Crippen LogP contribution in [0.1, 0.15) is 16.1 Å². The summed E-state index contributed by atoms with van der Waals surface area (Å²) in [5, 5.41) is 15.8. The monoisotopic (exact) mass is 328 g/mol. The van der Waals surface area contributed by atoms with Crippen LogP contribution >= 0.6 is 23.3 Å². The molecule has 0 bridgehead atoms. The number of hydrazone groups is 2. The van der Waals surface area contributed by atoms with Crippen molar-refractivity contribution in [1.82, 2.24) is 20.0 Å². The largest absolute Gasteiger partial charge is 0.274 e. The Morgan fingerprint density at radius 2 is 2.09 bits per heavy atom. The van der Waals surface area contributed by atoms with Gasteiger partial charge >= 0.3 is 0 Å². The Labute approximate surface area is 135 Å². The molecule has 22 heavy (non-hydrogen) atoms. The number of nitrogens with zero attached hydrogens (tertiary/aromatic N) is 5. The second kappa shape index (κ2) is 5.54. The first-order valence-corrected chi connectivity index (χ1v) is 8.37. The summed E-state index contributed by atoms with van der Waals surface area (Å²) in [7, 11) is 0. The summed E-state index contributed by atoms with van der Waals surface area (Å²) in [6, 6.07) is 10.2. The summed E-state index contributed by atoms with van der Waals surface area (Å²) in [5.41, 5.74) is 5.13. The first-order valence-electron chi connectivity index (χ1n) is 6.71. The Bertz CT molecular complexity index is 780. The number of hydrogen-bond acceptors (Lipinski definition) is 8. The number of hydrogen-bond donors (Lipinski definition) is 1. The van der Waals surface area contributed by atoms with E-state index in [1.165, 1.54) is 11.5 Å². The molecule has 1 aromatic carbocycles. The number of nitrogens with one attached hydrogen (secondary N) is 1. The van der Waals surface area contributed by atoms with Crippen molar-refractivity contribution in [3.8, 4) is 0 Å². The Balaban J connectivity index is 1.55. The molecule has 6 nitrogen and oxygen atoms in total. The molecule has 1 aromatic heterocycles. The molecule has 4 rings (SSSR count). The zero-order valence-electron chi connectivity index (χ0n) is 11.7. The van der Waals surface area contributed by atoms with Gasteiger partial charge in [0.15, 0.2) is 11.3 Å². The van der Waals surface area contributed by atoms with Crippen LogP contribution in [0.3, 0.4) is 0 Å². The highest BCUT2D eigenvalue weighted by Gasteiger charge is 2.36. The van der Waals surface area contributed by atoms with Gasteiger partial charge in [-0.2, -0.15) is 10.2 Å². The van der Waals surface area contributed by atoms with E-state index in [2.05, 4.69) is 43.4 Å². The maximum Gasteiger partial charge on any atom is 0.192 e. The lowest BCUT2D eigenvalue weighted by molar-refractivity contribution is 0.426. The Hall–Kier alpha value is -2.19. The van der Waals surface area contributed by atoms with Crippen molar-refractivity contribution in [3.63, 3.8) is 0 Å². The van der Waals surface area contributed by atoms with Gasteiger partial charge in [-0.05, 0) is 30.1 Å². The fourth-order valence-corrected chi connectivity index (χ4v) is 3.65. The van der Waals surface area contributed by atoms with Crippen LogP contribution in [-0.4, -0.2) is 31.0 Å². The van der Waals surface area contributed by atoms with Gasteiger partial charge < -0.3 is 0 Å². The van der Waals surface area contributed by atoms with Crippen molar-refractivity contribution < 1.29 is 0 Å². The van der Waals surface area contributed by atoms with E-state index in [4.69, 9.17) is 0 Å². The van der Waals surface area contributed by atoms with E-state index in [-0.39, 0.29) is 5.50 Å². The average molecular weight is 328 g/mol. The second-order valence-corrected chi connectivity index (χ2v) is 6.60. The molecule has 0 radical (unpaired) electrons. The first kappa shape index (κ1) is 13.5. The SMILES string of the molecule is Cc1nnsc1C1=NNC2SC(/C=C/c3ccccc3)=NN12. The predicted octanol–water partition coefficient (Wildman–Crippen LogP) is 2.47. The van der Waals surface area contributed by atoms with Crippen molar-refractivity contribution in [3.05, 3.63) is 52.5 Å². The van der Waals surface area contributed by atoms with Crippen LogP contribution in [0.4, 0.5) is 0 Å². The van der Waals surface area contributed by atoms with Gasteiger partial charge in [0.05, 0.1) is 5.69 Å². The maximum atomic E-state index is 4.63. The van der Waals surface area contributed by atoms with Crippen LogP contribution < -0.4 is 5.43 Å². The summed E-state index contributed by atoms with van der Waals surface area (Å²) in [6.07, 6.45) is 4.08. The minimum Gasteiger partial charge on any atom is -0.274 e. The van der Waals surface area contributed by atoms with Crippen molar-refractivity contribution in [2.75, 3.05) is 0 Å². The molecular formula is C14H12N6S2. The molecule has 8 heteroatoms. The van der Waals surface area contributed by atoms with Crippen molar-refractivity contribution in [1.29, 1.82) is 0 Å². The highest BCUT2D eigenvalue weighted by atomic mass is 32.2. The van der Waals surface area contributed by atoms with Crippen LogP contribution in [0.5, 0.6) is 0 Å². The van der Waals surface area contributed by atoms with E-state index >= 15 is 0 Å². The summed E-state index contributed by atoms with van der Waals surface area (Å²) < 4.78 is 3.96. The Morgan fingerprint density at radius 1 is 1.23 bits per heavy atom. The topological polar surface area (TPSA) is 65.8 Å². The fourth-order valence-electron chi connectivity index (χ4n) is 2.15. The van der Waals surface area contributed by atoms with E-state index in [0.717, 1.165) is 27.0 Å². The molecule has 110 valence electrons. The van der Waals surface area contributed by atoms with Gasteiger partial charge in [-0.25, -0.2) is 5.01 Å². The van der Waals surface area contributed by atoms with Crippen molar-refractivity contribution in [2.24, 2.45) is 10.2 Å². The number of rotatable bonds is 3. The normalized spacial score (nSPS) is 20.0. The molecule has 1 N–H and O–H groups in total. The van der Waals surface area contributed by atoms with Crippen molar-refractivity contribution >= 4 is 40.2 Å². The number of fused-ring (bicyclic) bond motifs is 1. The number of aromatic nitrogens is 2. The smallest absolute Gasteiger partial charge is 0.192 e. The van der Waals surface area contributed by atoms with Crippen LogP contribution in [0.25, 0.3) is 6.08 Å². The zero-order chi connectivity index (χ0) is 14.9. The van der Waals surface area contributed by atoms with Gasteiger partial charge in [0.25, 0.3) is 0 Å². The van der Waals surface area contributed by atoms with Crippen LogP contribution in [0.2, 0.25) is 0 Å². The van der Waals surface area contributed by atoms with E-state index in [1.807, 2.05) is 36.2 Å². The van der Waals surface area contributed by atoms with E-state index in [0.29, 0.717) is 0 Å². The molecule has 0 saturated heterocycles. The van der Waals surface area contributed by atoms with Crippen LogP contribution in [0.15, 0.2) is 46.6 Å². The third-order valence-electron chi connectivity index (χ3n) is 3.23. The molecular weight excluding hydrogens is 316 g/mol. The van der Waals surface area contributed by atoms with Gasteiger partial charge in [0.2, 0.25) is 0 Å². The van der Waals surface area contributed by atoms with E-state index in [9.17, 15) is 0 Å². The molecule has 2 aliphatic heterocycles. The van der Waals surface area contributed by atoms with Gasteiger partial charge in [0, 0.05) is 0 Å². The molecule has 0 fully saturated rings. The minimum absolute atomic E-state index is 0.00641. The van der Waals surface area contributed by atoms with Crippen LogP contribution in [0, 0.1) is 6.92 Å². The standard InChI is InChI=1S/C14H12N6S2/c1-9-12(22-19-15-9)13-16-17-14-20(13)18-11(21-14)8-7-10-5-3-2-4-6-10/h2-8,14,17H,1H3/b8-7+. The summed E-state index contributed by atoms with van der Waals surface area (Å²) in [6.45, 7) is 1.93. The predicted molar refractivity (Wildman–Crippen MR) is 90.4 cm³/mol. The molecule has 0 aliphatic carbocycles. The molecule has 3 heterocycles. The number of thioether (sulfide) groups is 1. The molecule has 0 saturated carbocycles. The highest BCUT2D eigenvalue weighted by molar-refractivity contribution is 8.15. The third kappa shape index (κ3) is 2.40. The van der Waals surface area contributed by atoms with E-state index in [1.54, 1.807) is 11.8 Å². The Kier molecular flexibility index (Phi) is 3.39. The van der Waals surface area contributed by atoms with E-state index < -0.39 is 0 Å². The second-order valence-electron chi connectivity index (χ2n) is 4.75. The lowest BCUT2D eigenvalue weighted by Crippen LogP contribution is -2.30. The molecule has 0 spiro atoms. The Morgan fingerprint density at radius 3 is 2.86 bits per heavy atom. The average Bonchev–Trinajstić information content (AvgIpc) is 3.22. The van der Waals surface area contributed by atoms with Gasteiger partial charge in [0.1, 0.15) is 9.92 Å². The summed E-state index contributed by atoms with van der Waals surface area (Å²) in [4.78, 5) is 0.952. The fraction of sp³-hybridized carbons (Fsp3) is 0.143. The zero-order valence-corrected chi connectivity index (χ0v) is 13.3. The third-order valence-corrected chi connectivity index (χ3v) is 5.04. The summed E-state index contributed by atoms with van der Waals surface area (Å²) in [5.74, 6) is 0.785. The molecule has 2 aromatic rings. The molecule has 1 unspecified atom stereocenters. The quantitative estimate of drug-likeness (QED) is 0.937.